The Morgan fingerprint density at radius 3 is 2.65 bits per heavy atom. The molecule has 3 rings (SSSR count). The van der Waals surface area contributed by atoms with Gasteiger partial charge in [-0.05, 0) is 49.3 Å². The van der Waals surface area contributed by atoms with E-state index in [1.165, 1.54) is 11.1 Å². The summed E-state index contributed by atoms with van der Waals surface area (Å²) in [6, 6.07) is 18.7. The van der Waals surface area contributed by atoms with Crippen LogP contribution >= 0.6 is 0 Å². The van der Waals surface area contributed by atoms with Crippen LogP contribution in [0.5, 0.6) is 0 Å². The van der Waals surface area contributed by atoms with E-state index in [-0.39, 0.29) is 6.03 Å². The lowest BCUT2D eigenvalue weighted by atomic mass is 10.1. The Morgan fingerprint density at radius 2 is 1.78 bits per heavy atom. The number of benzene rings is 2. The standard InChI is InChI=1S/C20H24N2O/c23-20(21-15-8-11-17-9-2-1-3-10-17)22-16-7-6-13-18-12-4-5-14-19(18)22/h1-5,9-10,12,14H,6-8,11,13,15-16H2,(H,21,23). The van der Waals surface area contributed by atoms with E-state index >= 15 is 0 Å². The van der Waals surface area contributed by atoms with Crippen LogP contribution in [0.2, 0.25) is 0 Å². The van der Waals surface area contributed by atoms with Gasteiger partial charge < -0.3 is 5.32 Å². The lowest BCUT2D eigenvalue weighted by Gasteiger charge is -2.23. The normalized spacial score (nSPS) is 14.0. The molecule has 0 aliphatic carbocycles. The zero-order valence-electron chi connectivity index (χ0n) is 13.5. The number of para-hydroxylation sites is 1. The van der Waals surface area contributed by atoms with Crippen molar-refractivity contribution in [3.05, 3.63) is 65.7 Å². The van der Waals surface area contributed by atoms with Crippen LogP contribution in [0.4, 0.5) is 10.5 Å². The molecule has 1 aliphatic heterocycles. The van der Waals surface area contributed by atoms with Crippen molar-refractivity contribution in [2.45, 2.75) is 32.1 Å². The van der Waals surface area contributed by atoms with Crippen LogP contribution in [-0.4, -0.2) is 19.1 Å². The zero-order valence-corrected chi connectivity index (χ0v) is 13.5. The molecule has 0 saturated carbocycles. The Morgan fingerprint density at radius 1 is 1.00 bits per heavy atom. The van der Waals surface area contributed by atoms with E-state index in [9.17, 15) is 4.79 Å². The number of rotatable bonds is 4. The van der Waals surface area contributed by atoms with Gasteiger partial charge >= 0.3 is 6.03 Å². The summed E-state index contributed by atoms with van der Waals surface area (Å²) < 4.78 is 0. The van der Waals surface area contributed by atoms with Gasteiger partial charge in [-0.2, -0.15) is 0 Å². The molecule has 0 unspecified atom stereocenters. The molecule has 1 aliphatic rings. The summed E-state index contributed by atoms with van der Waals surface area (Å²) in [5.41, 5.74) is 3.68. The molecule has 2 amide bonds. The van der Waals surface area contributed by atoms with Gasteiger partial charge in [0.05, 0.1) is 0 Å². The first-order chi connectivity index (χ1) is 11.3. The molecule has 0 radical (unpaired) electrons. The number of aryl methyl sites for hydroxylation is 2. The van der Waals surface area contributed by atoms with Crippen LogP contribution in [0.25, 0.3) is 0 Å². The summed E-state index contributed by atoms with van der Waals surface area (Å²) in [6.07, 6.45) is 5.23. The fraction of sp³-hybridized carbons (Fsp3) is 0.350. The predicted molar refractivity (Wildman–Crippen MR) is 94.9 cm³/mol. The van der Waals surface area contributed by atoms with Gasteiger partial charge in [-0.3, -0.25) is 4.90 Å². The van der Waals surface area contributed by atoms with Crippen LogP contribution in [0.15, 0.2) is 54.6 Å². The van der Waals surface area contributed by atoms with Gasteiger partial charge in [-0.25, -0.2) is 4.79 Å². The first-order valence-electron chi connectivity index (χ1n) is 8.52. The van der Waals surface area contributed by atoms with E-state index in [1.807, 2.05) is 17.0 Å². The number of anilines is 1. The van der Waals surface area contributed by atoms with Crippen molar-refractivity contribution in [1.29, 1.82) is 0 Å². The third-order valence-corrected chi connectivity index (χ3v) is 4.37. The maximum Gasteiger partial charge on any atom is 0.321 e. The van der Waals surface area contributed by atoms with Crippen molar-refractivity contribution in [3.8, 4) is 0 Å². The number of urea groups is 1. The predicted octanol–water partition coefficient (Wildman–Crippen LogP) is 4.17. The molecule has 120 valence electrons. The number of hydrogen-bond donors (Lipinski definition) is 1. The smallest absolute Gasteiger partial charge is 0.321 e. The number of nitrogens with zero attached hydrogens (tertiary/aromatic N) is 1. The summed E-state index contributed by atoms with van der Waals surface area (Å²) in [6.45, 7) is 1.52. The number of carbonyl (C=O) groups excluding carboxylic acids is 1. The lowest BCUT2D eigenvalue weighted by Crippen LogP contribution is -2.41. The number of fused-ring (bicyclic) bond motifs is 1. The van der Waals surface area contributed by atoms with Crippen LogP contribution in [0.1, 0.15) is 30.4 Å². The molecule has 2 aromatic carbocycles. The largest absolute Gasteiger partial charge is 0.338 e. The lowest BCUT2D eigenvalue weighted by molar-refractivity contribution is 0.246. The van der Waals surface area contributed by atoms with E-state index in [2.05, 4.69) is 47.8 Å². The first kappa shape index (κ1) is 15.6. The van der Waals surface area contributed by atoms with E-state index in [0.717, 1.165) is 44.3 Å². The monoisotopic (exact) mass is 308 g/mol. The van der Waals surface area contributed by atoms with Crippen LogP contribution in [0, 0.1) is 0 Å². The molecule has 0 spiro atoms. The Labute approximate surface area is 138 Å². The van der Waals surface area contributed by atoms with E-state index in [1.54, 1.807) is 0 Å². The highest BCUT2D eigenvalue weighted by atomic mass is 16.2. The number of amides is 2. The summed E-state index contributed by atoms with van der Waals surface area (Å²) >= 11 is 0. The second-order valence-corrected chi connectivity index (χ2v) is 6.06. The summed E-state index contributed by atoms with van der Waals surface area (Å²) in [5.74, 6) is 0. The minimum Gasteiger partial charge on any atom is -0.338 e. The quantitative estimate of drug-likeness (QED) is 0.845. The van der Waals surface area contributed by atoms with Crippen molar-refractivity contribution in [2.24, 2.45) is 0 Å². The molecule has 0 fully saturated rings. The highest BCUT2D eigenvalue weighted by Gasteiger charge is 2.20. The van der Waals surface area contributed by atoms with Gasteiger partial charge in [0, 0.05) is 18.8 Å². The van der Waals surface area contributed by atoms with Gasteiger partial charge in [0.25, 0.3) is 0 Å². The number of hydrogen-bond acceptors (Lipinski definition) is 1. The third-order valence-electron chi connectivity index (χ3n) is 4.37. The van der Waals surface area contributed by atoms with E-state index in [4.69, 9.17) is 0 Å². The van der Waals surface area contributed by atoms with Gasteiger partial charge in [-0.15, -0.1) is 0 Å². The summed E-state index contributed by atoms with van der Waals surface area (Å²) in [5, 5.41) is 3.08. The van der Waals surface area contributed by atoms with Gasteiger partial charge in [0.15, 0.2) is 0 Å². The molecule has 0 aromatic heterocycles. The van der Waals surface area contributed by atoms with Gasteiger partial charge in [-0.1, -0.05) is 48.5 Å². The molecular weight excluding hydrogens is 284 g/mol. The molecule has 23 heavy (non-hydrogen) atoms. The van der Waals surface area contributed by atoms with Crippen LogP contribution < -0.4 is 10.2 Å². The molecule has 1 heterocycles. The van der Waals surface area contributed by atoms with Crippen LogP contribution in [-0.2, 0) is 12.8 Å². The maximum atomic E-state index is 12.5. The molecule has 0 atom stereocenters. The van der Waals surface area contributed by atoms with Crippen molar-refractivity contribution < 1.29 is 4.79 Å². The molecule has 2 aromatic rings. The summed E-state index contributed by atoms with van der Waals surface area (Å²) in [7, 11) is 0. The molecule has 3 nitrogen and oxygen atoms in total. The molecule has 1 N–H and O–H groups in total. The van der Waals surface area contributed by atoms with Crippen molar-refractivity contribution in [3.63, 3.8) is 0 Å². The minimum absolute atomic E-state index is 0.0346. The third kappa shape index (κ3) is 4.13. The average molecular weight is 308 g/mol. The second kappa shape index (κ2) is 7.82. The number of nitrogens with one attached hydrogen (secondary N) is 1. The Kier molecular flexibility index (Phi) is 5.30. The van der Waals surface area contributed by atoms with E-state index < -0.39 is 0 Å². The van der Waals surface area contributed by atoms with Gasteiger partial charge in [0.2, 0.25) is 0 Å². The molecular formula is C20H24N2O. The second-order valence-electron chi connectivity index (χ2n) is 6.06. The number of carbonyl (C=O) groups is 1. The van der Waals surface area contributed by atoms with Crippen LogP contribution in [0.3, 0.4) is 0 Å². The van der Waals surface area contributed by atoms with Gasteiger partial charge in [0.1, 0.15) is 0 Å². The fourth-order valence-electron chi connectivity index (χ4n) is 3.13. The van der Waals surface area contributed by atoms with E-state index in [0.29, 0.717) is 6.54 Å². The summed E-state index contributed by atoms with van der Waals surface area (Å²) in [4.78, 5) is 14.4. The van der Waals surface area contributed by atoms with Crippen molar-refractivity contribution in [2.75, 3.05) is 18.0 Å². The van der Waals surface area contributed by atoms with Crippen molar-refractivity contribution >= 4 is 11.7 Å². The fourth-order valence-corrected chi connectivity index (χ4v) is 3.13. The average Bonchev–Trinajstić information content (AvgIpc) is 2.82. The minimum atomic E-state index is 0.0346. The Hall–Kier alpha value is -2.29. The molecule has 3 heteroatoms. The first-order valence-corrected chi connectivity index (χ1v) is 8.52. The zero-order chi connectivity index (χ0) is 15.9. The van der Waals surface area contributed by atoms with Crippen molar-refractivity contribution in [1.82, 2.24) is 5.32 Å². The molecule has 0 bridgehead atoms. The molecule has 0 saturated heterocycles. The highest BCUT2D eigenvalue weighted by molar-refractivity contribution is 5.92. The topological polar surface area (TPSA) is 32.3 Å². The maximum absolute atomic E-state index is 12.5. The highest BCUT2D eigenvalue weighted by Crippen LogP contribution is 2.25. The SMILES string of the molecule is O=C(NCCCc1ccccc1)N1CCCCc2ccccc21. The Balaban J connectivity index is 1.54. The Bertz CT molecular complexity index is 639.